The number of fused-ring (bicyclic) bond motifs is 1. The second-order valence-electron chi connectivity index (χ2n) is 6.28. The lowest BCUT2D eigenvalue weighted by Gasteiger charge is -2.27. The SMILES string of the molecule is COc1cc2c(cc1OC)C(CN=Cc1ccc(C(F)(F)F)cc1)NCC2. The van der Waals surface area contributed by atoms with Crippen LogP contribution >= 0.6 is 0 Å². The van der Waals surface area contributed by atoms with Gasteiger partial charge in [-0.3, -0.25) is 4.99 Å². The van der Waals surface area contributed by atoms with Gasteiger partial charge < -0.3 is 14.8 Å². The summed E-state index contributed by atoms with van der Waals surface area (Å²) in [6.45, 7) is 1.30. The number of rotatable bonds is 5. The second-order valence-corrected chi connectivity index (χ2v) is 6.28. The van der Waals surface area contributed by atoms with Crippen LogP contribution < -0.4 is 14.8 Å². The predicted molar refractivity (Wildman–Crippen MR) is 97.9 cm³/mol. The van der Waals surface area contributed by atoms with Crippen LogP contribution in [-0.2, 0) is 12.6 Å². The summed E-state index contributed by atoms with van der Waals surface area (Å²) in [5.41, 5.74) is 2.25. The van der Waals surface area contributed by atoms with Crippen molar-refractivity contribution >= 4 is 6.21 Å². The largest absolute Gasteiger partial charge is 0.493 e. The Morgan fingerprint density at radius 2 is 1.78 bits per heavy atom. The summed E-state index contributed by atoms with van der Waals surface area (Å²) in [6.07, 6.45) is -1.85. The zero-order valence-corrected chi connectivity index (χ0v) is 15.1. The number of aliphatic imine (C=N–C) groups is 1. The van der Waals surface area contributed by atoms with E-state index in [4.69, 9.17) is 9.47 Å². The van der Waals surface area contributed by atoms with Crippen molar-refractivity contribution in [3.63, 3.8) is 0 Å². The molecular weight excluding hydrogens is 357 g/mol. The summed E-state index contributed by atoms with van der Waals surface area (Å²) in [5, 5.41) is 3.42. The Balaban J connectivity index is 1.73. The third-order valence-electron chi connectivity index (χ3n) is 4.57. The van der Waals surface area contributed by atoms with Crippen molar-refractivity contribution in [2.45, 2.75) is 18.6 Å². The first-order valence-electron chi connectivity index (χ1n) is 8.57. The highest BCUT2D eigenvalue weighted by Crippen LogP contribution is 2.35. The lowest BCUT2D eigenvalue weighted by atomic mass is 9.93. The maximum atomic E-state index is 12.6. The van der Waals surface area contributed by atoms with Gasteiger partial charge in [-0.1, -0.05) is 12.1 Å². The molecule has 0 aliphatic carbocycles. The van der Waals surface area contributed by atoms with E-state index in [2.05, 4.69) is 10.3 Å². The molecule has 1 heterocycles. The molecule has 7 heteroatoms. The van der Waals surface area contributed by atoms with Crippen molar-refractivity contribution in [3.05, 3.63) is 58.7 Å². The van der Waals surface area contributed by atoms with Gasteiger partial charge in [-0.05, 0) is 53.9 Å². The van der Waals surface area contributed by atoms with Crippen LogP contribution in [0.25, 0.3) is 0 Å². The van der Waals surface area contributed by atoms with Gasteiger partial charge in [0.2, 0.25) is 0 Å². The van der Waals surface area contributed by atoms with Crippen molar-refractivity contribution in [2.75, 3.05) is 27.3 Å². The first-order valence-corrected chi connectivity index (χ1v) is 8.57. The lowest BCUT2D eigenvalue weighted by Crippen LogP contribution is -2.31. The highest BCUT2D eigenvalue weighted by atomic mass is 19.4. The normalized spacial score (nSPS) is 17.0. The lowest BCUT2D eigenvalue weighted by molar-refractivity contribution is -0.137. The number of alkyl halides is 3. The molecule has 0 saturated heterocycles. The van der Waals surface area contributed by atoms with Crippen molar-refractivity contribution < 1.29 is 22.6 Å². The third kappa shape index (κ3) is 4.42. The Kier molecular flexibility index (Phi) is 5.70. The second kappa shape index (κ2) is 8.00. The Morgan fingerprint density at radius 1 is 1.11 bits per heavy atom. The Hall–Kier alpha value is -2.54. The van der Waals surface area contributed by atoms with Gasteiger partial charge in [0.15, 0.2) is 11.5 Å². The van der Waals surface area contributed by atoms with Crippen LogP contribution in [-0.4, -0.2) is 33.5 Å². The highest BCUT2D eigenvalue weighted by Gasteiger charge is 2.29. The fourth-order valence-electron chi connectivity index (χ4n) is 3.15. The Bertz CT molecular complexity index is 817. The molecule has 0 saturated carbocycles. The third-order valence-corrected chi connectivity index (χ3v) is 4.57. The van der Waals surface area contributed by atoms with Gasteiger partial charge in [-0.15, -0.1) is 0 Å². The van der Waals surface area contributed by atoms with Crippen LogP contribution in [0.4, 0.5) is 13.2 Å². The van der Waals surface area contributed by atoms with Crippen molar-refractivity contribution in [3.8, 4) is 11.5 Å². The molecule has 144 valence electrons. The van der Waals surface area contributed by atoms with E-state index in [1.807, 2.05) is 12.1 Å². The van der Waals surface area contributed by atoms with E-state index in [0.717, 1.165) is 30.7 Å². The topological polar surface area (TPSA) is 42.9 Å². The molecule has 1 atom stereocenters. The van der Waals surface area contributed by atoms with E-state index < -0.39 is 11.7 Å². The fourth-order valence-corrected chi connectivity index (χ4v) is 3.15. The average molecular weight is 378 g/mol. The highest BCUT2D eigenvalue weighted by molar-refractivity contribution is 5.79. The molecule has 0 bridgehead atoms. The van der Waals surface area contributed by atoms with Crippen molar-refractivity contribution in [1.82, 2.24) is 5.32 Å². The van der Waals surface area contributed by atoms with Gasteiger partial charge in [0.25, 0.3) is 0 Å². The first kappa shape index (κ1) is 19.2. The van der Waals surface area contributed by atoms with Crippen molar-refractivity contribution in [1.29, 1.82) is 0 Å². The summed E-state index contributed by atoms with van der Waals surface area (Å²) in [5.74, 6) is 1.36. The van der Waals surface area contributed by atoms with E-state index in [1.165, 1.54) is 17.7 Å². The van der Waals surface area contributed by atoms with Gasteiger partial charge >= 0.3 is 6.18 Å². The quantitative estimate of drug-likeness (QED) is 0.799. The van der Waals surface area contributed by atoms with Gasteiger partial charge in [-0.2, -0.15) is 13.2 Å². The van der Waals surface area contributed by atoms with E-state index in [1.54, 1.807) is 20.4 Å². The molecule has 1 unspecified atom stereocenters. The smallest absolute Gasteiger partial charge is 0.416 e. The molecule has 0 amide bonds. The molecule has 0 spiro atoms. The number of nitrogens with one attached hydrogen (secondary N) is 1. The minimum atomic E-state index is -4.33. The maximum Gasteiger partial charge on any atom is 0.416 e. The van der Waals surface area contributed by atoms with Gasteiger partial charge in [0.05, 0.1) is 32.4 Å². The zero-order chi connectivity index (χ0) is 19.4. The molecule has 0 fully saturated rings. The molecule has 3 rings (SSSR count). The average Bonchev–Trinajstić information content (AvgIpc) is 2.66. The summed E-state index contributed by atoms with van der Waals surface area (Å²) < 4.78 is 48.6. The molecule has 2 aromatic carbocycles. The van der Waals surface area contributed by atoms with Crippen LogP contribution in [0.15, 0.2) is 41.4 Å². The number of nitrogens with zero attached hydrogens (tertiary/aromatic N) is 1. The van der Waals surface area contributed by atoms with Crippen LogP contribution in [0.5, 0.6) is 11.5 Å². The molecule has 0 aromatic heterocycles. The van der Waals surface area contributed by atoms with Crippen LogP contribution in [0.3, 0.4) is 0 Å². The summed E-state index contributed by atoms with van der Waals surface area (Å²) in [4.78, 5) is 4.41. The zero-order valence-electron chi connectivity index (χ0n) is 15.1. The van der Waals surface area contributed by atoms with Crippen LogP contribution in [0, 0.1) is 0 Å². The van der Waals surface area contributed by atoms with Crippen LogP contribution in [0.1, 0.15) is 28.3 Å². The first-order chi connectivity index (χ1) is 12.9. The summed E-state index contributed by atoms with van der Waals surface area (Å²) >= 11 is 0. The van der Waals surface area contributed by atoms with E-state index >= 15 is 0 Å². The molecule has 1 aliphatic rings. The molecule has 1 N–H and O–H groups in total. The Morgan fingerprint density at radius 3 is 2.41 bits per heavy atom. The molecular formula is C20H21F3N2O2. The van der Waals surface area contributed by atoms with E-state index in [0.29, 0.717) is 23.6 Å². The number of hydrogen-bond donors (Lipinski definition) is 1. The number of benzene rings is 2. The van der Waals surface area contributed by atoms with Gasteiger partial charge in [0, 0.05) is 6.21 Å². The summed E-state index contributed by atoms with van der Waals surface area (Å²) in [7, 11) is 3.20. The number of ether oxygens (including phenoxy) is 2. The maximum absolute atomic E-state index is 12.6. The van der Waals surface area contributed by atoms with Gasteiger partial charge in [0.1, 0.15) is 0 Å². The predicted octanol–water partition coefficient (Wildman–Crippen LogP) is 4.03. The van der Waals surface area contributed by atoms with Crippen LogP contribution in [0.2, 0.25) is 0 Å². The number of hydrogen-bond acceptors (Lipinski definition) is 4. The molecule has 2 aromatic rings. The number of halogens is 3. The standard InChI is InChI=1S/C20H21F3N2O2/c1-26-18-9-14-7-8-25-17(16(14)10-19(18)27-2)12-24-11-13-3-5-15(6-4-13)20(21,22)23/h3-6,9-11,17,25H,7-8,12H2,1-2H3. The molecule has 0 radical (unpaired) electrons. The number of methoxy groups -OCH3 is 2. The summed E-state index contributed by atoms with van der Waals surface area (Å²) in [6, 6.07) is 8.92. The van der Waals surface area contributed by atoms with E-state index in [-0.39, 0.29) is 6.04 Å². The minimum absolute atomic E-state index is 0.0132. The Labute approximate surface area is 156 Å². The van der Waals surface area contributed by atoms with Gasteiger partial charge in [-0.25, -0.2) is 0 Å². The fraction of sp³-hybridized carbons (Fsp3) is 0.350. The molecule has 27 heavy (non-hydrogen) atoms. The minimum Gasteiger partial charge on any atom is -0.493 e. The monoisotopic (exact) mass is 378 g/mol. The van der Waals surface area contributed by atoms with Crippen molar-refractivity contribution in [2.24, 2.45) is 4.99 Å². The molecule has 1 aliphatic heterocycles. The molecule has 4 nitrogen and oxygen atoms in total. The van der Waals surface area contributed by atoms with E-state index in [9.17, 15) is 13.2 Å².